The lowest BCUT2D eigenvalue weighted by Crippen LogP contribution is -2.18. The molecule has 0 saturated carbocycles. The minimum Gasteiger partial charge on any atom is -0.469 e. The summed E-state index contributed by atoms with van der Waals surface area (Å²) in [5.74, 6) is -1.61. The maximum atomic E-state index is 11.3. The number of ether oxygens (including phenoxy) is 2. The highest BCUT2D eigenvalue weighted by atomic mass is 35.5. The molecule has 0 bridgehead atoms. The Morgan fingerprint density at radius 1 is 0.929 bits per heavy atom. The first-order valence-corrected chi connectivity index (χ1v) is 9.39. The monoisotopic (exact) mass is 466 g/mol. The van der Waals surface area contributed by atoms with Crippen molar-refractivity contribution in [2.45, 2.75) is 12.3 Å². The number of carbonyl (C=O) groups is 2. The van der Waals surface area contributed by atoms with E-state index in [2.05, 4.69) is 9.47 Å². The van der Waals surface area contributed by atoms with Crippen molar-refractivity contribution in [3.8, 4) is 0 Å². The van der Waals surface area contributed by atoms with E-state index in [1.54, 1.807) is 30.3 Å². The van der Waals surface area contributed by atoms with Gasteiger partial charge in [-0.25, -0.2) is 0 Å². The van der Waals surface area contributed by atoms with E-state index < -0.39 is 11.9 Å². The van der Waals surface area contributed by atoms with Gasteiger partial charge in [-0.05, 0) is 35.4 Å². The van der Waals surface area contributed by atoms with Gasteiger partial charge in [0.1, 0.15) is 5.92 Å². The van der Waals surface area contributed by atoms with E-state index >= 15 is 0 Å². The summed E-state index contributed by atoms with van der Waals surface area (Å²) >= 11 is 23.1. The van der Waals surface area contributed by atoms with Crippen LogP contribution in [0.1, 0.15) is 17.0 Å². The van der Waals surface area contributed by atoms with Gasteiger partial charge in [-0.1, -0.05) is 58.5 Å². The zero-order chi connectivity index (χ0) is 21.3. The number of halogens is 4. The Morgan fingerprint density at radius 3 is 1.96 bits per heavy atom. The second kappa shape index (κ2) is 12.1. The molecular weight excluding hydrogens is 450 g/mol. The van der Waals surface area contributed by atoms with Gasteiger partial charge in [0.05, 0.1) is 27.2 Å². The molecule has 1 atom stereocenters. The Hall–Kier alpha value is -1.50. The van der Waals surface area contributed by atoms with Crippen LogP contribution >= 0.6 is 46.4 Å². The summed E-state index contributed by atoms with van der Waals surface area (Å²) in [7, 11) is 2.60. The average molecular weight is 468 g/mol. The van der Waals surface area contributed by atoms with Gasteiger partial charge in [0, 0.05) is 20.1 Å². The molecule has 0 aliphatic rings. The lowest BCUT2D eigenvalue weighted by atomic mass is 10.0. The zero-order valence-electron chi connectivity index (χ0n) is 15.0. The number of hydrogen-bond acceptors (Lipinski definition) is 5. The molecular formula is C19H18Cl4O5. The summed E-state index contributed by atoms with van der Waals surface area (Å²) in [6.45, 7) is -0.353. The van der Waals surface area contributed by atoms with E-state index in [4.69, 9.17) is 51.5 Å². The number of aliphatic hydroxyl groups is 1. The number of rotatable bonds is 5. The number of benzene rings is 2. The van der Waals surface area contributed by atoms with E-state index in [1.165, 1.54) is 20.3 Å². The minimum atomic E-state index is -0.764. The molecule has 28 heavy (non-hydrogen) atoms. The molecule has 1 N–H and O–H groups in total. The van der Waals surface area contributed by atoms with Gasteiger partial charge in [0.25, 0.3) is 0 Å². The van der Waals surface area contributed by atoms with Crippen LogP contribution in [0.25, 0.3) is 0 Å². The van der Waals surface area contributed by atoms with Crippen LogP contribution < -0.4 is 0 Å². The van der Waals surface area contributed by atoms with Crippen molar-refractivity contribution < 1.29 is 24.2 Å². The number of methoxy groups -OCH3 is 2. The van der Waals surface area contributed by atoms with Gasteiger partial charge < -0.3 is 14.6 Å². The quantitative estimate of drug-likeness (QED) is 0.629. The second-order valence-electron chi connectivity index (χ2n) is 5.41. The molecule has 0 aromatic heterocycles. The molecule has 2 rings (SSSR count). The molecule has 0 aliphatic carbocycles. The van der Waals surface area contributed by atoms with Crippen molar-refractivity contribution in [2.24, 2.45) is 0 Å². The topological polar surface area (TPSA) is 72.8 Å². The van der Waals surface area contributed by atoms with Crippen LogP contribution in [0.2, 0.25) is 20.1 Å². The van der Waals surface area contributed by atoms with E-state index in [0.29, 0.717) is 25.7 Å². The van der Waals surface area contributed by atoms with Crippen molar-refractivity contribution in [1.82, 2.24) is 0 Å². The smallest absolute Gasteiger partial charge is 0.315 e. The molecule has 0 spiro atoms. The third-order valence-corrected chi connectivity index (χ3v) is 4.73. The third-order valence-electron chi connectivity index (χ3n) is 3.58. The molecule has 0 radical (unpaired) electrons. The van der Waals surface area contributed by atoms with Crippen molar-refractivity contribution in [3.63, 3.8) is 0 Å². The Labute approximate surface area is 183 Å². The first kappa shape index (κ1) is 24.5. The van der Waals surface area contributed by atoms with Gasteiger partial charge in [0.15, 0.2) is 0 Å². The minimum absolute atomic E-state index is 0.173. The van der Waals surface area contributed by atoms with Gasteiger partial charge >= 0.3 is 11.9 Å². The molecule has 0 saturated heterocycles. The maximum Gasteiger partial charge on any atom is 0.315 e. The first-order valence-electron chi connectivity index (χ1n) is 7.87. The van der Waals surface area contributed by atoms with Crippen molar-refractivity contribution >= 4 is 58.3 Å². The summed E-state index contributed by atoms with van der Waals surface area (Å²) in [6.07, 6.45) is 0.173. The molecule has 0 heterocycles. The largest absolute Gasteiger partial charge is 0.469 e. The molecule has 0 amide bonds. The Kier molecular flexibility index (Phi) is 10.6. The van der Waals surface area contributed by atoms with Crippen LogP contribution in [0.5, 0.6) is 0 Å². The van der Waals surface area contributed by atoms with Crippen LogP contribution in [-0.4, -0.2) is 37.9 Å². The number of carbonyl (C=O) groups excluding carboxylic acids is 2. The predicted octanol–water partition coefficient (Wildman–Crippen LogP) is 4.95. The number of esters is 2. The fraction of sp³-hybridized carbons (Fsp3) is 0.263. The molecule has 152 valence electrons. The molecule has 9 heteroatoms. The zero-order valence-corrected chi connectivity index (χ0v) is 18.1. The van der Waals surface area contributed by atoms with E-state index in [9.17, 15) is 9.59 Å². The molecule has 2 aromatic rings. The van der Waals surface area contributed by atoms with Crippen LogP contribution in [0.4, 0.5) is 0 Å². The highest BCUT2D eigenvalue weighted by Crippen LogP contribution is 2.28. The van der Waals surface area contributed by atoms with E-state index in [0.717, 1.165) is 5.56 Å². The summed E-state index contributed by atoms with van der Waals surface area (Å²) in [4.78, 5) is 22.2. The summed E-state index contributed by atoms with van der Waals surface area (Å²) in [5, 5.41) is 10.9. The summed E-state index contributed by atoms with van der Waals surface area (Å²) < 4.78 is 9.06. The molecule has 2 aromatic carbocycles. The van der Waals surface area contributed by atoms with E-state index in [-0.39, 0.29) is 19.0 Å². The van der Waals surface area contributed by atoms with Gasteiger partial charge in [0.2, 0.25) is 0 Å². The van der Waals surface area contributed by atoms with Crippen LogP contribution in [0.15, 0.2) is 36.4 Å². The standard InChI is InChI=1S/C10H10Cl2O3.C9H8Cl2O2/c1-15-10(14)8(5-13)7-3-2-6(11)4-9(7)12;1-13-9(12)4-6-2-3-7(10)5-8(6)11/h2-4,8,13H,5H2,1H3;2-3,5H,4H2,1H3. The lowest BCUT2D eigenvalue weighted by molar-refractivity contribution is -0.143. The van der Waals surface area contributed by atoms with Crippen LogP contribution in [-0.2, 0) is 25.5 Å². The molecule has 5 nitrogen and oxygen atoms in total. The SMILES string of the molecule is COC(=O)C(CO)c1ccc(Cl)cc1Cl.COC(=O)Cc1ccc(Cl)cc1Cl. The molecule has 1 unspecified atom stereocenters. The predicted molar refractivity (Wildman–Crippen MR) is 110 cm³/mol. The fourth-order valence-corrected chi connectivity index (χ4v) is 3.13. The van der Waals surface area contributed by atoms with E-state index in [1.807, 2.05) is 0 Å². The Morgan fingerprint density at radius 2 is 1.50 bits per heavy atom. The highest BCUT2D eigenvalue weighted by Gasteiger charge is 2.22. The Balaban J connectivity index is 0.000000283. The van der Waals surface area contributed by atoms with Gasteiger partial charge in [-0.15, -0.1) is 0 Å². The lowest BCUT2D eigenvalue weighted by Gasteiger charge is -2.13. The number of hydrogen-bond donors (Lipinski definition) is 1. The van der Waals surface area contributed by atoms with Gasteiger partial charge in [-0.3, -0.25) is 9.59 Å². The Bertz CT molecular complexity index is 826. The normalized spacial score (nSPS) is 11.1. The fourth-order valence-electron chi connectivity index (χ4n) is 2.12. The molecule has 0 aliphatic heterocycles. The molecule has 0 fully saturated rings. The van der Waals surface area contributed by atoms with Gasteiger partial charge in [-0.2, -0.15) is 0 Å². The van der Waals surface area contributed by atoms with Crippen molar-refractivity contribution in [1.29, 1.82) is 0 Å². The second-order valence-corrected chi connectivity index (χ2v) is 7.10. The first-order chi connectivity index (χ1) is 13.2. The third kappa shape index (κ3) is 7.49. The summed E-state index contributed by atoms with van der Waals surface area (Å²) in [5.41, 5.74) is 1.23. The maximum absolute atomic E-state index is 11.3. The van der Waals surface area contributed by atoms with Crippen molar-refractivity contribution in [2.75, 3.05) is 20.8 Å². The number of aliphatic hydroxyl groups excluding tert-OH is 1. The van der Waals surface area contributed by atoms with Crippen LogP contribution in [0, 0.1) is 0 Å². The summed E-state index contributed by atoms with van der Waals surface area (Å²) in [6, 6.07) is 9.72. The average Bonchev–Trinajstić information content (AvgIpc) is 2.66. The van der Waals surface area contributed by atoms with Crippen molar-refractivity contribution in [3.05, 3.63) is 67.6 Å². The van der Waals surface area contributed by atoms with Crippen LogP contribution in [0.3, 0.4) is 0 Å². The highest BCUT2D eigenvalue weighted by molar-refractivity contribution is 6.35.